The zero-order valence-electron chi connectivity index (χ0n) is 13.1. The van der Waals surface area contributed by atoms with Crippen LogP contribution in [0.15, 0.2) is 30.9 Å². The smallest absolute Gasteiger partial charge is 0.307 e. The summed E-state index contributed by atoms with van der Waals surface area (Å²) in [7, 11) is 1.30. The molecule has 126 valence electrons. The first-order valence-electron chi connectivity index (χ1n) is 6.97. The number of halogens is 2. The van der Waals surface area contributed by atoms with E-state index < -0.39 is 6.10 Å². The van der Waals surface area contributed by atoms with Crippen LogP contribution in [0.2, 0.25) is 10.0 Å². The molecular weight excluding hydrogens is 341 g/mol. The van der Waals surface area contributed by atoms with Gasteiger partial charge in [-0.25, -0.2) is 0 Å². The molecule has 7 heteroatoms. The van der Waals surface area contributed by atoms with Crippen LogP contribution in [0.4, 0.5) is 0 Å². The number of hydrogen-bond donors (Lipinski definition) is 0. The second kappa shape index (κ2) is 9.43. The first-order valence-corrected chi connectivity index (χ1v) is 7.72. The molecule has 0 bridgehead atoms. The van der Waals surface area contributed by atoms with E-state index in [1.807, 2.05) is 0 Å². The Bertz CT molecular complexity index is 577. The molecule has 1 amide bonds. The summed E-state index contributed by atoms with van der Waals surface area (Å²) >= 11 is 11.9. The first kappa shape index (κ1) is 19.3. The van der Waals surface area contributed by atoms with Gasteiger partial charge in [0.25, 0.3) is 5.91 Å². The lowest BCUT2D eigenvalue weighted by atomic mass is 10.2. The van der Waals surface area contributed by atoms with Gasteiger partial charge in [0.15, 0.2) is 6.10 Å². The van der Waals surface area contributed by atoms with Crippen LogP contribution in [0, 0.1) is 0 Å². The molecule has 23 heavy (non-hydrogen) atoms. The van der Waals surface area contributed by atoms with Gasteiger partial charge in [-0.05, 0) is 25.1 Å². The maximum atomic E-state index is 12.4. The fourth-order valence-electron chi connectivity index (χ4n) is 1.84. The van der Waals surface area contributed by atoms with Crippen molar-refractivity contribution in [2.45, 2.75) is 19.4 Å². The van der Waals surface area contributed by atoms with Crippen molar-refractivity contribution in [3.63, 3.8) is 0 Å². The van der Waals surface area contributed by atoms with Gasteiger partial charge in [-0.1, -0.05) is 29.3 Å². The van der Waals surface area contributed by atoms with Crippen molar-refractivity contribution in [2.24, 2.45) is 0 Å². The third-order valence-electron chi connectivity index (χ3n) is 3.02. The molecule has 0 saturated carbocycles. The van der Waals surface area contributed by atoms with Crippen LogP contribution in [-0.4, -0.2) is 43.1 Å². The average molecular weight is 360 g/mol. The first-order chi connectivity index (χ1) is 10.9. The van der Waals surface area contributed by atoms with Crippen LogP contribution in [0.5, 0.6) is 5.75 Å². The predicted molar refractivity (Wildman–Crippen MR) is 90.0 cm³/mol. The molecule has 1 rings (SSSR count). The Labute approximate surface area is 145 Å². The lowest BCUT2D eigenvalue weighted by Gasteiger charge is -2.25. The van der Waals surface area contributed by atoms with Crippen molar-refractivity contribution in [3.8, 4) is 5.75 Å². The number of amides is 1. The Morgan fingerprint density at radius 3 is 2.65 bits per heavy atom. The number of nitrogens with zero attached hydrogens (tertiary/aromatic N) is 1. The van der Waals surface area contributed by atoms with Crippen molar-refractivity contribution in [3.05, 3.63) is 40.9 Å². The topological polar surface area (TPSA) is 55.8 Å². The van der Waals surface area contributed by atoms with Gasteiger partial charge in [0.1, 0.15) is 5.75 Å². The highest BCUT2D eigenvalue weighted by Crippen LogP contribution is 2.28. The minimum atomic E-state index is -0.772. The molecule has 0 radical (unpaired) electrons. The molecule has 0 aliphatic rings. The van der Waals surface area contributed by atoms with E-state index in [0.717, 1.165) is 0 Å². The highest BCUT2D eigenvalue weighted by molar-refractivity contribution is 6.35. The molecule has 1 atom stereocenters. The van der Waals surface area contributed by atoms with E-state index in [1.54, 1.807) is 25.1 Å². The van der Waals surface area contributed by atoms with Crippen LogP contribution in [0.25, 0.3) is 0 Å². The second-order valence-corrected chi connectivity index (χ2v) is 5.58. The summed E-state index contributed by atoms with van der Waals surface area (Å²) in [6, 6.07) is 4.76. The molecule has 5 nitrogen and oxygen atoms in total. The second-order valence-electron chi connectivity index (χ2n) is 4.73. The molecular formula is C16H19Cl2NO4. The van der Waals surface area contributed by atoms with Gasteiger partial charge in [-0.15, -0.1) is 6.58 Å². The standard InChI is InChI=1S/C16H19Cl2NO4/c1-4-8-19(9-7-15(20)22-3)16(21)11(2)23-14-6-5-12(17)10-13(14)18/h4-6,10-11H,1,7-9H2,2-3H3. The third kappa shape index (κ3) is 6.12. The molecule has 0 aliphatic carbocycles. The largest absolute Gasteiger partial charge is 0.479 e. The van der Waals surface area contributed by atoms with E-state index in [4.69, 9.17) is 27.9 Å². The molecule has 1 aromatic carbocycles. The average Bonchev–Trinajstić information content (AvgIpc) is 2.52. The summed E-state index contributed by atoms with van der Waals surface area (Å²) < 4.78 is 10.2. The van der Waals surface area contributed by atoms with Gasteiger partial charge in [-0.2, -0.15) is 0 Å². The van der Waals surface area contributed by atoms with Gasteiger partial charge in [0.2, 0.25) is 0 Å². The molecule has 0 fully saturated rings. The van der Waals surface area contributed by atoms with Crippen LogP contribution < -0.4 is 4.74 Å². The maximum Gasteiger partial charge on any atom is 0.307 e. The number of carbonyl (C=O) groups excluding carboxylic acids is 2. The minimum absolute atomic E-state index is 0.102. The molecule has 0 aromatic heterocycles. The van der Waals surface area contributed by atoms with Gasteiger partial charge >= 0.3 is 5.97 Å². The third-order valence-corrected chi connectivity index (χ3v) is 3.55. The van der Waals surface area contributed by atoms with Crippen molar-refractivity contribution in [2.75, 3.05) is 20.2 Å². The molecule has 0 heterocycles. The number of esters is 1. The van der Waals surface area contributed by atoms with Gasteiger partial charge in [0.05, 0.1) is 18.6 Å². The van der Waals surface area contributed by atoms with E-state index in [9.17, 15) is 9.59 Å². The lowest BCUT2D eigenvalue weighted by Crippen LogP contribution is -2.41. The number of carbonyl (C=O) groups is 2. The number of methoxy groups -OCH3 is 1. The summed E-state index contributed by atoms with van der Waals surface area (Å²) in [5.41, 5.74) is 0. The van der Waals surface area contributed by atoms with E-state index in [1.165, 1.54) is 18.1 Å². The summed E-state index contributed by atoms with van der Waals surface area (Å²) in [5.74, 6) is -0.301. The summed E-state index contributed by atoms with van der Waals surface area (Å²) in [6.45, 7) is 5.75. The Hall–Kier alpha value is -1.72. The van der Waals surface area contributed by atoms with Crippen molar-refractivity contribution in [1.29, 1.82) is 0 Å². The molecule has 0 spiro atoms. The van der Waals surface area contributed by atoms with Crippen molar-refractivity contribution >= 4 is 35.1 Å². The summed E-state index contributed by atoms with van der Waals surface area (Å²) in [5, 5.41) is 0.801. The number of benzene rings is 1. The van der Waals surface area contributed by atoms with Crippen LogP contribution >= 0.6 is 23.2 Å². The zero-order valence-corrected chi connectivity index (χ0v) is 14.6. The number of rotatable bonds is 8. The van der Waals surface area contributed by atoms with E-state index in [2.05, 4.69) is 11.3 Å². The maximum absolute atomic E-state index is 12.4. The van der Waals surface area contributed by atoms with Crippen LogP contribution in [0.3, 0.4) is 0 Å². The van der Waals surface area contributed by atoms with Crippen LogP contribution in [-0.2, 0) is 14.3 Å². The Morgan fingerprint density at radius 2 is 2.09 bits per heavy atom. The van der Waals surface area contributed by atoms with Gasteiger partial charge < -0.3 is 14.4 Å². The van der Waals surface area contributed by atoms with E-state index in [0.29, 0.717) is 22.3 Å². The quantitative estimate of drug-likeness (QED) is 0.527. The van der Waals surface area contributed by atoms with Crippen molar-refractivity contribution in [1.82, 2.24) is 4.90 Å². The monoisotopic (exact) mass is 359 g/mol. The summed E-state index contributed by atoms with van der Waals surface area (Å²) in [6.07, 6.45) is 0.910. The molecule has 0 saturated heterocycles. The van der Waals surface area contributed by atoms with Gasteiger partial charge in [0, 0.05) is 18.1 Å². The van der Waals surface area contributed by atoms with Gasteiger partial charge in [-0.3, -0.25) is 9.59 Å². The summed E-state index contributed by atoms with van der Waals surface area (Å²) in [4.78, 5) is 25.2. The minimum Gasteiger partial charge on any atom is -0.479 e. The molecule has 0 N–H and O–H groups in total. The Kier molecular flexibility index (Phi) is 7.92. The van der Waals surface area contributed by atoms with Crippen molar-refractivity contribution < 1.29 is 19.1 Å². The lowest BCUT2D eigenvalue weighted by molar-refractivity contribution is -0.142. The Morgan fingerprint density at radius 1 is 1.39 bits per heavy atom. The molecule has 1 unspecified atom stereocenters. The van der Waals surface area contributed by atoms with E-state index in [-0.39, 0.29) is 24.8 Å². The fraction of sp³-hybridized carbons (Fsp3) is 0.375. The fourth-order valence-corrected chi connectivity index (χ4v) is 2.30. The highest BCUT2D eigenvalue weighted by Gasteiger charge is 2.22. The Balaban J connectivity index is 2.73. The number of hydrogen-bond acceptors (Lipinski definition) is 4. The number of ether oxygens (including phenoxy) is 2. The molecule has 0 aliphatic heterocycles. The van der Waals surface area contributed by atoms with Crippen LogP contribution in [0.1, 0.15) is 13.3 Å². The normalized spacial score (nSPS) is 11.5. The highest BCUT2D eigenvalue weighted by atomic mass is 35.5. The predicted octanol–water partition coefficient (Wildman–Crippen LogP) is 3.34. The SMILES string of the molecule is C=CCN(CCC(=O)OC)C(=O)C(C)Oc1ccc(Cl)cc1Cl. The molecule has 1 aromatic rings. The van der Waals surface area contributed by atoms with E-state index >= 15 is 0 Å². The zero-order chi connectivity index (χ0) is 17.4.